The molecule has 13 heteroatoms. The van der Waals surface area contributed by atoms with Crippen LogP contribution in [0, 0.1) is 0 Å². The molecule has 11 nitrogen and oxygen atoms in total. The third-order valence-electron chi connectivity index (χ3n) is 6.89. The number of carbonyl (C=O) groups excluding carboxylic acids is 2. The number of fused-ring (bicyclic) bond motifs is 1. The zero-order valence-corrected chi connectivity index (χ0v) is 28.3. The third-order valence-corrected chi connectivity index (χ3v) is 8.20. The number of benzene rings is 2. The molecule has 1 aliphatic rings. The summed E-state index contributed by atoms with van der Waals surface area (Å²) in [6, 6.07) is 10.3. The summed E-state index contributed by atoms with van der Waals surface area (Å²) in [6.07, 6.45) is 0. The van der Waals surface area contributed by atoms with Gasteiger partial charge in [0.05, 0.1) is 28.9 Å². The molecular weight excluding hydrogens is 648 g/mol. The number of allylic oxidation sites excluding steroid dienone is 1. The van der Waals surface area contributed by atoms with Crippen LogP contribution in [0.25, 0.3) is 0 Å². The molecule has 2 aromatic carbocycles. The number of hydrogen-bond donors (Lipinski definition) is 2. The fourth-order valence-corrected chi connectivity index (χ4v) is 6.04. The first kappa shape index (κ1) is 33.2. The lowest BCUT2D eigenvalue weighted by molar-refractivity contribution is -0.133. The quantitative estimate of drug-likeness (QED) is 0.193. The summed E-state index contributed by atoms with van der Waals surface area (Å²) < 4.78 is 20.1. The minimum absolute atomic E-state index is 0.121. The van der Waals surface area contributed by atoms with E-state index < -0.39 is 6.04 Å². The summed E-state index contributed by atoms with van der Waals surface area (Å²) in [6.45, 7) is 13.4. The Hall–Kier alpha value is -3.71. The first-order valence-electron chi connectivity index (χ1n) is 14.7. The molecule has 0 spiro atoms. The molecule has 0 saturated heterocycles. The van der Waals surface area contributed by atoms with Crippen molar-refractivity contribution in [2.45, 2.75) is 52.7 Å². The van der Waals surface area contributed by atoms with Gasteiger partial charge in [-0.25, -0.2) is 4.68 Å². The number of thioether (sulfide) groups is 1. The van der Waals surface area contributed by atoms with Gasteiger partial charge in [-0.15, -0.1) is 5.10 Å². The highest BCUT2D eigenvalue weighted by molar-refractivity contribution is 9.10. The predicted molar refractivity (Wildman–Crippen MR) is 176 cm³/mol. The van der Waals surface area contributed by atoms with Crippen LogP contribution >= 0.6 is 27.7 Å². The van der Waals surface area contributed by atoms with Crippen LogP contribution in [0.1, 0.15) is 53.1 Å². The molecule has 236 valence electrons. The Labute approximate surface area is 270 Å². The van der Waals surface area contributed by atoms with Crippen molar-refractivity contribution in [3.05, 3.63) is 57.7 Å². The molecule has 0 saturated carbocycles. The molecule has 2 N–H and O–H groups in total. The first-order chi connectivity index (χ1) is 21.3. The number of amides is 2. The minimum atomic E-state index is -0.661. The molecule has 1 aromatic heterocycles. The SMILES string of the molecule is CCOc1ccccc1NC(=O)C1=C(C)Nc2nc(SCC)nn2C1c1cc(Br)c(OCC(=O)N(CC)CC)c(OCC)c1. The second kappa shape index (κ2) is 15.3. The molecule has 44 heavy (non-hydrogen) atoms. The van der Waals surface area contributed by atoms with Crippen molar-refractivity contribution in [3.8, 4) is 17.2 Å². The number of rotatable bonds is 14. The van der Waals surface area contributed by atoms with E-state index in [0.717, 1.165) is 5.75 Å². The fourth-order valence-electron chi connectivity index (χ4n) is 4.92. The first-order valence-corrected chi connectivity index (χ1v) is 16.5. The van der Waals surface area contributed by atoms with Crippen LogP contribution in [0.3, 0.4) is 0 Å². The maximum absolute atomic E-state index is 14.1. The van der Waals surface area contributed by atoms with Gasteiger partial charge in [0.15, 0.2) is 18.1 Å². The number of para-hydroxylation sites is 2. The van der Waals surface area contributed by atoms with Crippen LogP contribution in [0.5, 0.6) is 17.2 Å². The maximum atomic E-state index is 14.1. The van der Waals surface area contributed by atoms with Crippen LogP contribution < -0.4 is 24.8 Å². The van der Waals surface area contributed by atoms with Gasteiger partial charge in [-0.3, -0.25) is 9.59 Å². The number of hydrogen-bond acceptors (Lipinski definition) is 9. The Bertz CT molecular complexity index is 1520. The average Bonchev–Trinajstić information content (AvgIpc) is 3.39. The van der Waals surface area contributed by atoms with Crippen LogP contribution in [0.2, 0.25) is 0 Å². The van der Waals surface area contributed by atoms with Crippen LogP contribution in [-0.2, 0) is 9.59 Å². The van der Waals surface area contributed by atoms with E-state index in [4.69, 9.17) is 19.3 Å². The minimum Gasteiger partial charge on any atom is -0.492 e. The molecule has 3 aromatic rings. The molecule has 0 bridgehead atoms. The number of anilines is 2. The Morgan fingerprint density at radius 3 is 2.43 bits per heavy atom. The zero-order valence-electron chi connectivity index (χ0n) is 25.9. The lowest BCUT2D eigenvalue weighted by Crippen LogP contribution is -2.34. The normalized spacial score (nSPS) is 14.0. The molecule has 4 rings (SSSR count). The van der Waals surface area contributed by atoms with E-state index in [1.165, 1.54) is 11.8 Å². The highest BCUT2D eigenvalue weighted by Gasteiger charge is 2.36. The number of carbonyl (C=O) groups is 2. The highest BCUT2D eigenvalue weighted by Crippen LogP contribution is 2.43. The van der Waals surface area contributed by atoms with Crippen molar-refractivity contribution >= 4 is 51.1 Å². The number of halogens is 1. The van der Waals surface area contributed by atoms with Gasteiger partial charge in [0, 0.05) is 18.8 Å². The molecule has 1 aliphatic heterocycles. The summed E-state index contributed by atoms with van der Waals surface area (Å²) >= 11 is 5.16. The van der Waals surface area contributed by atoms with Crippen molar-refractivity contribution in [3.63, 3.8) is 0 Å². The predicted octanol–water partition coefficient (Wildman–Crippen LogP) is 6.12. The lowest BCUT2D eigenvalue weighted by atomic mass is 9.94. The molecule has 1 atom stereocenters. The summed E-state index contributed by atoms with van der Waals surface area (Å²) in [5.74, 6) is 2.29. The number of ether oxygens (including phenoxy) is 3. The van der Waals surface area contributed by atoms with Gasteiger partial charge in [0.1, 0.15) is 11.8 Å². The van der Waals surface area contributed by atoms with Gasteiger partial charge >= 0.3 is 0 Å². The smallest absolute Gasteiger partial charge is 0.260 e. The van der Waals surface area contributed by atoms with E-state index in [0.29, 0.717) is 81.7 Å². The fraction of sp³-hybridized carbons (Fsp3) is 0.419. The summed E-state index contributed by atoms with van der Waals surface area (Å²) in [5, 5.41) is 11.7. The zero-order chi connectivity index (χ0) is 31.8. The molecular formula is C31H39BrN6O5S. The second-order valence-electron chi connectivity index (χ2n) is 9.66. The maximum Gasteiger partial charge on any atom is 0.260 e. The van der Waals surface area contributed by atoms with Crippen molar-refractivity contribution < 1.29 is 23.8 Å². The molecule has 2 amide bonds. The third kappa shape index (κ3) is 7.32. The molecule has 1 unspecified atom stereocenters. The standard InChI is InChI=1S/C31H39BrN6O5S/c1-7-37(8-2)25(39)18-43-28-21(32)16-20(17-24(28)42-10-4)27-26(19(6)33-30-35-31(44-11-5)36-38(27)30)29(40)34-22-14-12-13-15-23(22)41-9-3/h12-17,27H,7-11,18H2,1-6H3,(H,34,40)(H,33,35,36). The van der Waals surface area contributed by atoms with Crippen molar-refractivity contribution in [2.75, 3.05) is 49.3 Å². The monoisotopic (exact) mass is 686 g/mol. The van der Waals surface area contributed by atoms with Gasteiger partial charge in [0.25, 0.3) is 11.8 Å². The second-order valence-corrected chi connectivity index (χ2v) is 11.7. The Balaban J connectivity index is 1.79. The van der Waals surface area contributed by atoms with Gasteiger partial charge in [-0.05, 0) is 86.1 Å². The topological polar surface area (TPSA) is 120 Å². The van der Waals surface area contributed by atoms with Crippen molar-refractivity contribution in [1.82, 2.24) is 19.7 Å². The highest BCUT2D eigenvalue weighted by atomic mass is 79.9. The van der Waals surface area contributed by atoms with Crippen molar-refractivity contribution in [1.29, 1.82) is 0 Å². The Morgan fingerprint density at radius 1 is 1.05 bits per heavy atom. The molecule has 2 heterocycles. The van der Waals surface area contributed by atoms with Crippen LogP contribution in [0.4, 0.5) is 11.6 Å². The summed E-state index contributed by atoms with van der Waals surface area (Å²) in [5.41, 5.74) is 2.35. The van der Waals surface area contributed by atoms with Gasteiger partial charge in [-0.1, -0.05) is 30.8 Å². The van der Waals surface area contributed by atoms with Gasteiger partial charge < -0.3 is 29.7 Å². The summed E-state index contributed by atoms with van der Waals surface area (Å²) in [4.78, 5) is 33.2. The Morgan fingerprint density at radius 2 is 1.75 bits per heavy atom. The van der Waals surface area contributed by atoms with E-state index in [1.54, 1.807) is 15.6 Å². The van der Waals surface area contributed by atoms with Crippen molar-refractivity contribution in [2.24, 2.45) is 0 Å². The summed E-state index contributed by atoms with van der Waals surface area (Å²) in [7, 11) is 0. The largest absolute Gasteiger partial charge is 0.492 e. The van der Waals surface area contributed by atoms with E-state index in [-0.39, 0.29) is 18.4 Å². The molecule has 0 radical (unpaired) electrons. The Kier molecular flexibility index (Phi) is 11.6. The number of nitrogens with zero attached hydrogens (tertiary/aromatic N) is 4. The molecule has 0 aliphatic carbocycles. The van der Waals surface area contributed by atoms with Crippen LogP contribution in [0.15, 0.2) is 57.3 Å². The number of aromatic nitrogens is 3. The lowest BCUT2D eigenvalue weighted by Gasteiger charge is -2.29. The van der Waals surface area contributed by atoms with Crippen LogP contribution in [-0.4, -0.2) is 70.1 Å². The number of likely N-dealkylation sites (N-methyl/N-ethyl adjacent to an activating group) is 1. The molecule has 0 fully saturated rings. The van der Waals surface area contributed by atoms with Gasteiger partial charge in [-0.2, -0.15) is 4.98 Å². The van der Waals surface area contributed by atoms with Gasteiger partial charge in [0.2, 0.25) is 11.1 Å². The van der Waals surface area contributed by atoms with E-state index in [9.17, 15) is 9.59 Å². The van der Waals surface area contributed by atoms with E-state index in [1.807, 2.05) is 71.9 Å². The van der Waals surface area contributed by atoms with E-state index >= 15 is 0 Å². The number of nitrogens with one attached hydrogen (secondary N) is 2. The average molecular weight is 688 g/mol. The van der Waals surface area contributed by atoms with E-state index in [2.05, 4.69) is 31.5 Å².